The molecule has 0 aliphatic carbocycles. The summed E-state index contributed by atoms with van der Waals surface area (Å²) in [5, 5.41) is 7.47. The number of hydrogen-bond acceptors (Lipinski definition) is 5. The smallest absolute Gasteiger partial charge is 0.329 e. The summed E-state index contributed by atoms with van der Waals surface area (Å²) in [5.41, 5.74) is 3.92. The summed E-state index contributed by atoms with van der Waals surface area (Å²) < 4.78 is 11.9. The molecule has 0 fully saturated rings. The Balaban J connectivity index is 1.63. The van der Waals surface area contributed by atoms with E-state index in [-0.39, 0.29) is 12.3 Å². The lowest BCUT2D eigenvalue weighted by Crippen LogP contribution is -2.32. The number of hydrazone groups is 1. The fourth-order valence-corrected chi connectivity index (χ4v) is 4.08. The van der Waals surface area contributed by atoms with Gasteiger partial charge in [0.1, 0.15) is 6.61 Å². The first-order valence-electron chi connectivity index (χ1n) is 9.60. The molecule has 0 saturated heterocycles. The molecule has 0 aliphatic rings. The molecular weight excluding hydrogens is 569 g/mol. The van der Waals surface area contributed by atoms with Crippen molar-refractivity contribution in [2.45, 2.75) is 6.61 Å². The van der Waals surface area contributed by atoms with Crippen LogP contribution in [0, 0.1) is 0 Å². The fourth-order valence-electron chi connectivity index (χ4n) is 2.77. The molecule has 3 aromatic rings. The monoisotopic (exact) mass is 583 g/mol. The van der Waals surface area contributed by atoms with Gasteiger partial charge < -0.3 is 14.8 Å². The largest absolute Gasteiger partial charge is 0.493 e. The SMILES string of the molecule is COc1cc(/C=N/NC(=O)C(=O)Nc2cc(Cl)cc(Cl)c2)cc(Br)c1OCc1cccc(Cl)c1. The highest BCUT2D eigenvalue weighted by atomic mass is 79.9. The molecule has 3 rings (SSSR count). The Labute approximate surface area is 219 Å². The summed E-state index contributed by atoms with van der Waals surface area (Å²) in [6.45, 7) is 0.284. The second-order valence-electron chi connectivity index (χ2n) is 6.76. The molecule has 0 unspecified atom stereocenters. The van der Waals surface area contributed by atoms with Gasteiger partial charge in [0.2, 0.25) is 0 Å². The quantitative estimate of drug-likeness (QED) is 0.200. The summed E-state index contributed by atoms with van der Waals surface area (Å²) in [4.78, 5) is 24.1. The number of ether oxygens (including phenoxy) is 2. The zero-order chi connectivity index (χ0) is 24.7. The molecule has 0 spiro atoms. The van der Waals surface area contributed by atoms with Crippen LogP contribution in [0.3, 0.4) is 0 Å². The first kappa shape index (κ1) is 25.8. The molecule has 0 aliphatic heterocycles. The topological polar surface area (TPSA) is 89.0 Å². The highest BCUT2D eigenvalue weighted by molar-refractivity contribution is 9.10. The first-order chi connectivity index (χ1) is 16.2. The van der Waals surface area contributed by atoms with E-state index in [9.17, 15) is 9.59 Å². The molecule has 176 valence electrons. The number of carbonyl (C=O) groups excluding carboxylic acids is 2. The molecule has 11 heteroatoms. The van der Waals surface area contributed by atoms with Crippen LogP contribution in [0.15, 0.2) is 64.2 Å². The van der Waals surface area contributed by atoms with Gasteiger partial charge in [-0.2, -0.15) is 5.10 Å². The Kier molecular flexibility index (Phi) is 9.18. The summed E-state index contributed by atoms with van der Waals surface area (Å²) in [6.07, 6.45) is 1.36. The van der Waals surface area contributed by atoms with Gasteiger partial charge in [-0.25, -0.2) is 5.43 Å². The van der Waals surface area contributed by atoms with E-state index in [1.165, 1.54) is 31.5 Å². The van der Waals surface area contributed by atoms with Crippen molar-refractivity contribution < 1.29 is 19.1 Å². The van der Waals surface area contributed by atoms with E-state index >= 15 is 0 Å². The average Bonchev–Trinajstić information content (AvgIpc) is 2.77. The third-order valence-electron chi connectivity index (χ3n) is 4.23. The van der Waals surface area contributed by atoms with Crippen LogP contribution in [0.25, 0.3) is 0 Å². The van der Waals surface area contributed by atoms with Crippen molar-refractivity contribution in [2.75, 3.05) is 12.4 Å². The maximum atomic E-state index is 12.1. The van der Waals surface area contributed by atoms with Crippen molar-refractivity contribution in [3.8, 4) is 11.5 Å². The van der Waals surface area contributed by atoms with E-state index in [2.05, 4.69) is 31.8 Å². The summed E-state index contributed by atoms with van der Waals surface area (Å²) in [6, 6.07) is 15.1. The zero-order valence-corrected chi connectivity index (χ0v) is 21.4. The second-order valence-corrected chi connectivity index (χ2v) is 8.93. The third-order valence-corrected chi connectivity index (χ3v) is 5.49. The van der Waals surface area contributed by atoms with Crippen molar-refractivity contribution in [1.29, 1.82) is 0 Å². The van der Waals surface area contributed by atoms with Gasteiger partial charge in [-0.1, -0.05) is 46.9 Å². The minimum absolute atomic E-state index is 0.281. The van der Waals surface area contributed by atoms with Gasteiger partial charge in [0, 0.05) is 20.8 Å². The summed E-state index contributed by atoms with van der Waals surface area (Å²) >= 11 is 21.2. The van der Waals surface area contributed by atoms with Gasteiger partial charge in [-0.15, -0.1) is 0 Å². The van der Waals surface area contributed by atoms with Crippen LogP contribution >= 0.6 is 50.7 Å². The average molecular weight is 586 g/mol. The predicted molar refractivity (Wildman–Crippen MR) is 137 cm³/mol. The Morgan fingerprint density at radius 3 is 2.41 bits per heavy atom. The Morgan fingerprint density at radius 1 is 1.00 bits per heavy atom. The van der Waals surface area contributed by atoms with Crippen LogP contribution in [0.5, 0.6) is 11.5 Å². The van der Waals surface area contributed by atoms with E-state index in [1.807, 2.05) is 18.2 Å². The van der Waals surface area contributed by atoms with E-state index in [0.29, 0.717) is 36.6 Å². The van der Waals surface area contributed by atoms with E-state index in [0.717, 1.165) is 5.56 Å². The van der Waals surface area contributed by atoms with Crippen molar-refractivity contribution in [1.82, 2.24) is 5.43 Å². The standard InChI is InChI=1S/C23H17BrCl3N3O4/c1-33-20-7-14(6-19(24)21(20)34-12-13-3-2-4-15(25)5-13)11-28-30-23(32)22(31)29-18-9-16(26)8-17(27)10-18/h2-11H,12H2,1H3,(H,29,31)(H,30,32)/b28-11+. The molecule has 0 aromatic heterocycles. The molecule has 2 amide bonds. The molecule has 3 aromatic carbocycles. The van der Waals surface area contributed by atoms with Gasteiger partial charge in [-0.3, -0.25) is 9.59 Å². The maximum Gasteiger partial charge on any atom is 0.329 e. The maximum absolute atomic E-state index is 12.1. The van der Waals surface area contributed by atoms with E-state index in [4.69, 9.17) is 44.3 Å². The van der Waals surface area contributed by atoms with Crippen LogP contribution in [-0.4, -0.2) is 25.1 Å². The molecule has 0 atom stereocenters. The lowest BCUT2D eigenvalue weighted by Gasteiger charge is -2.13. The molecular formula is C23H17BrCl3N3O4. The molecule has 0 heterocycles. The van der Waals surface area contributed by atoms with Gasteiger partial charge in [0.15, 0.2) is 11.5 Å². The Morgan fingerprint density at radius 2 is 1.74 bits per heavy atom. The van der Waals surface area contributed by atoms with Crippen molar-refractivity contribution >= 4 is 74.4 Å². The zero-order valence-electron chi connectivity index (χ0n) is 17.6. The van der Waals surface area contributed by atoms with Crippen LogP contribution in [0.1, 0.15) is 11.1 Å². The first-order valence-corrected chi connectivity index (χ1v) is 11.5. The lowest BCUT2D eigenvalue weighted by molar-refractivity contribution is -0.136. The van der Waals surface area contributed by atoms with Gasteiger partial charge in [0.25, 0.3) is 0 Å². The fraction of sp³-hybridized carbons (Fsp3) is 0.0870. The number of hydrogen-bond donors (Lipinski definition) is 2. The van der Waals surface area contributed by atoms with E-state index < -0.39 is 11.8 Å². The second kappa shape index (κ2) is 12.1. The molecule has 0 saturated carbocycles. The van der Waals surface area contributed by atoms with Crippen molar-refractivity contribution in [3.05, 3.63) is 85.3 Å². The minimum atomic E-state index is -0.972. The number of nitrogens with zero attached hydrogens (tertiary/aromatic N) is 1. The lowest BCUT2D eigenvalue weighted by atomic mass is 10.2. The van der Waals surface area contributed by atoms with Gasteiger partial charge >= 0.3 is 11.8 Å². The summed E-state index contributed by atoms with van der Waals surface area (Å²) in [7, 11) is 1.50. The van der Waals surface area contributed by atoms with Gasteiger partial charge in [0.05, 0.1) is 17.8 Å². The highest BCUT2D eigenvalue weighted by Gasteiger charge is 2.14. The Bertz CT molecular complexity index is 1230. The number of anilines is 1. The minimum Gasteiger partial charge on any atom is -0.493 e. The number of methoxy groups -OCH3 is 1. The highest BCUT2D eigenvalue weighted by Crippen LogP contribution is 2.37. The normalized spacial score (nSPS) is 10.7. The number of halogens is 4. The van der Waals surface area contributed by atoms with E-state index in [1.54, 1.807) is 18.2 Å². The third kappa shape index (κ3) is 7.36. The van der Waals surface area contributed by atoms with Crippen LogP contribution in [0.4, 0.5) is 5.69 Å². The number of amides is 2. The number of rotatable bonds is 7. The molecule has 0 bridgehead atoms. The number of carbonyl (C=O) groups is 2. The van der Waals surface area contributed by atoms with Gasteiger partial charge in [-0.05, 0) is 69.5 Å². The predicted octanol–water partition coefficient (Wildman–Crippen LogP) is 6.09. The summed E-state index contributed by atoms with van der Waals surface area (Å²) in [5.74, 6) is -0.971. The van der Waals surface area contributed by atoms with Crippen molar-refractivity contribution in [3.63, 3.8) is 0 Å². The van der Waals surface area contributed by atoms with Crippen LogP contribution in [-0.2, 0) is 16.2 Å². The molecule has 2 N–H and O–H groups in total. The molecule has 34 heavy (non-hydrogen) atoms. The molecule has 0 radical (unpaired) electrons. The Hall–Kier alpha value is -2.78. The van der Waals surface area contributed by atoms with Crippen LogP contribution < -0.4 is 20.2 Å². The number of benzene rings is 3. The van der Waals surface area contributed by atoms with Crippen LogP contribution in [0.2, 0.25) is 15.1 Å². The number of nitrogens with one attached hydrogen (secondary N) is 2. The van der Waals surface area contributed by atoms with Crippen molar-refractivity contribution in [2.24, 2.45) is 5.10 Å². The molecule has 7 nitrogen and oxygen atoms in total.